The summed E-state index contributed by atoms with van der Waals surface area (Å²) in [5.74, 6) is 0.483. The predicted molar refractivity (Wildman–Crippen MR) is 79.4 cm³/mol. The average Bonchev–Trinajstić information content (AvgIpc) is 2.82. The Kier molecular flexibility index (Phi) is 3.05. The number of hydrogen-bond acceptors (Lipinski definition) is 3. The van der Waals surface area contributed by atoms with Gasteiger partial charge in [0.05, 0.1) is 11.3 Å². The molecular weight excluding hydrogens is 304 g/mol. The highest BCUT2D eigenvalue weighted by molar-refractivity contribution is 9.10. The Labute approximate surface area is 118 Å². The van der Waals surface area contributed by atoms with Crippen molar-refractivity contribution < 1.29 is 0 Å². The highest BCUT2D eigenvalue weighted by Gasteiger charge is 2.14. The minimum absolute atomic E-state index is 0.483. The van der Waals surface area contributed by atoms with Crippen molar-refractivity contribution in [2.24, 2.45) is 0 Å². The van der Waals surface area contributed by atoms with E-state index in [-0.39, 0.29) is 0 Å². The highest BCUT2D eigenvalue weighted by Crippen LogP contribution is 2.35. The van der Waals surface area contributed by atoms with E-state index in [2.05, 4.69) is 31.1 Å². The molecule has 2 aromatic heterocycles. The summed E-state index contributed by atoms with van der Waals surface area (Å²) in [5.41, 5.74) is 9.73. The molecule has 3 rings (SSSR count). The Morgan fingerprint density at radius 1 is 1.11 bits per heavy atom. The summed E-state index contributed by atoms with van der Waals surface area (Å²) >= 11 is 3.47. The number of aromatic amines is 1. The van der Waals surface area contributed by atoms with Crippen LogP contribution >= 0.6 is 15.9 Å². The van der Waals surface area contributed by atoms with Gasteiger partial charge in [-0.2, -0.15) is 5.10 Å². The van der Waals surface area contributed by atoms with Crippen LogP contribution in [0.5, 0.6) is 0 Å². The Bertz CT molecular complexity index is 706. The Morgan fingerprint density at radius 3 is 2.68 bits per heavy atom. The number of nitrogens with one attached hydrogen (secondary N) is 1. The summed E-state index contributed by atoms with van der Waals surface area (Å²) in [7, 11) is 0. The van der Waals surface area contributed by atoms with E-state index >= 15 is 0 Å². The van der Waals surface area contributed by atoms with Crippen LogP contribution in [0.4, 0.5) is 5.82 Å². The van der Waals surface area contributed by atoms with Gasteiger partial charge in [0.25, 0.3) is 0 Å². The van der Waals surface area contributed by atoms with E-state index in [4.69, 9.17) is 5.73 Å². The second-order valence-electron chi connectivity index (χ2n) is 4.11. The van der Waals surface area contributed by atoms with Gasteiger partial charge in [-0.25, -0.2) is 0 Å². The maximum absolute atomic E-state index is 5.98. The molecule has 0 aliphatic carbocycles. The van der Waals surface area contributed by atoms with Crippen molar-refractivity contribution in [1.29, 1.82) is 0 Å². The fraction of sp³-hybridized carbons (Fsp3) is 0. The zero-order valence-electron chi connectivity index (χ0n) is 9.97. The first kappa shape index (κ1) is 11.9. The standard InChI is InChI=1S/C14H11BrN4/c15-11-5-1-3-9(7-11)12-13(18-19-14(12)16)10-4-2-6-17-8-10/h1-8H,(H3,16,18,19). The Balaban J connectivity index is 2.20. The lowest BCUT2D eigenvalue weighted by atomic mass is 10.0. The number of nitrogens with zero attached hydrogens (tertiary/aromatic N) is 2. The smallest absolute Gasteiger partial charge is 0.153 e. The van der Waals surface area contributed by atoms with E-state index in [9.17, 15) is 0 Å². The molecule has 0 unspecified atom stereocenters. The van der Waals surface area contributed by atoms with Crippen molar-refractivity contribution in [2.45, 2.75) is 0 Å². The molecule has 0 aliphatic rings. The molecule has 4 nitrogen and oxygen atoms in total. The molecule has 0 spiro atoms. The predicted octanol–water partition coefficient (Wildman–Crippen LogP) is 3.48. The van der Waals surface area contributed by atoms with Gasteiger partial charge in [-0.3, -0.25) is 10.1 Å². The van der Waals surface area contributed by atoms with E-state index in [1.54, 1.807) is 12.4 Å². The molecule has 0 aliphatic heterocycles. The SMILES string of the molecule is Nc1n[nH]c(-c2cccnc2)c1-c1cccc(Br)c1. The first-order valence-electron chi connectivity index (χ1n) is 5.76. The monoisotopic (exact) mass is 314 g/mol. The van der Waals surface area contributed by atoms with Gasteiger partial charge < -0.3 is 5.73 Å². The number of nitrogen functional groups attached to an aromatic ring is 1. The van der Waals surface area contributed by atoms with Crippen LogP contribution in [0.25, 0.3) is 22.4 Å². The van der Waals surface area contributed by atoms with E-state index in [1.807, 2.05) is 36.4 Å². The molecule has 0 radical (unpaired) electrons. The normalized spacial score (nSPS) is 10.6. The summed E-state index contributed by atoms with van der Waals surface area (Å²) < 4.78 is 1.00. The van der Waals surface area contributed by atoms with Crippen molar-refractivity contribution in [1.82, 2.24) is 15.2 Å². The number of aromatic nitrogens is 3. The van der Waals surface area contributed by atoms with Crippen LogP contribution in [-0.4, -0.2) is 15.2 Å². The number of hydrogen-bond donors (Lipinski definition) is 2. The third kappa shape index (κ3) is 2.24. The number of nitrogens with two attached hydrogens (primary N) is 1. The lowest BCUT2D eigenvalue weighted by molar-refractivity contribution is 1.10. The quantitative estimate of drug-likeness (QED) is 0.761. The van der Waals surface area contributed by atoms with E-state index < -0.39 is 0 Å². The fourth-order valence-electron chi connectivity index (χ4n) is 2.01. The molecule has 3 aromatic rings. The third-order valence-electron chi connectivity index (χ3n) is 2.86. The lowest BCUT2D eigenvalue weighted by Gasteiger charge is -2.05. The van der Waals surface area contributed by atoms with Gasteiger partial charge in [0.15, 0.2) is 5.82 Å². The first-order valence-corrected chi connectivity index (χ1v) is 6.55. The minimum Gasteiger partial charge on any atom is -0.382 e. The van der Waals surface area contributed by atoms with Crippen LogP contribution in [0.1, 0.15) is 0 Å². The van der Waals surface area contributed by atoms with Crippen LogP contribution in [-0.2, 0) is 0 Å². The number of H-pyrrole nitrogens is 1. The molecule has 1 aromatic carbocycles. The maximum Gasteiger partial charge on any atom is 0.153 e. The van der Waals surface area contributed by atoms with E-state index in [0.29, 0.717) is 5.82 Å². The summed E-state index contributed by atoms with van der Waals surface area (Å²) in [4.78, 5) is 4.12. The molecule has 0 atom stereocenters. The molecule has 0 saturated carbocycles. The zero-order valence-corrected chi connectivity index (χ0v) is 11.6. The molecule has 0 fully saturated rings. The zero-order chi connectivity index (χ0) is 13.2. The van der Waals surface area contributed by atoms with Gasteiger partial charge in [0.2, 0.25) is 0 Å². The number of pyridine rings is 1. The van der Waals surface area contributed by atoms with Gasteiger partial charge in [0.1, 0.15) is 0 Å². The van der Waals surface area contributed by atoms with E-state index in [0.717, 1.165) is 26.9 Å². The van der Waals surface area contributed by atoms with Crippen molar-refractivity contribution in [3.05, 3.63) is 53.3 Å². The summed E-state index contributed by atoms with van der Waals surface area (Å²) in [6.07, 6.45) is 3.52. The van der Waals surface area contributed by atoms with Crippen LogP contribution < -0.4 is 5.73 Å². The largest absolute Gasteiger partial charge is 0.382 e. The number of benzene rings is 1. The molecule has 0 saturated heterocycles. The highest BCUT2D eigenvalue weighted by atomic mass is 79.9. The van der Waals surface area contributed by atoms with Crippen molar-refractivity contribution in [2.75, 3.05) is 5.73 Å². The second kappa shape index (κ2) is 4.85. The molecule has 19 heavy (non-hydrogen) atoms. The van der Waals surface area contributed by atoms with Gasteiger partial charge in [-0.1, -0.05) is 28.1 Å². The Morgan fingerprint density at radius 2 is 1.95 bits per heavy atom. The average molecular weight is 315 g/mol. The van der Waals surface area contributed by atoms with Crippen molar-refractivity contribution in [3.8, 4) is 22.4 Å². The second-order valence-corrected chi connectivity index (χ2v) is 5.03. The molecule has 5 heteroatoms. The van der Waals surface area contributed by atoms with Crippen LogP contribution in [0.2, 0.25) is 0 Å². The van der Waals surface area contributed by atoms with Crippen molar-refractivity contribution >= 4 is 21.7 Å². The van der Waals surface area contributed by atoms with Gasteiger partial charge >= 0.3 is 0 Å². The van der Waals surface area contributed by atoms with Crippen molar-refractivity contribution in [3.63, 3.8) is 0 Å². The van der Waals surface area contributed by atoms with Gasteiger partial charge in [-0.15, -0.1) is 0 Å². The molecule has 2 heterocycles. The van der Waals surface area contributed by atoms with Crippen LogP contribution in [0, 0.1) is 0 Å². The van der Waals surface area contributed by atoms with Gasteiger partial charge in [0, 0.05) is 22.4 Å². The molecule has 3 N–H and O–H groups in total. The summed E-state index contributed by atoms with van der Waals surface area (Å²) in [5, 5.41) is 7.09. The van der Waals surface area contributed by atoms with Gasteiger partial charge in [-0.05, 0) is 29.8 Å². The number of rotatable bonds is 2. The van der Waals surface area contributed by atoms with E-state index in [1.165, 1.54) is 0 Å². The van der Waals surface area contributed by atoms with Crippen LogP contribution in [0.15, 0.2) is 53.3 Å². The molecule has 94 valence electrons. The summed E-state index contributed by atoms with van der Waals surface area (Å²) in [6, 6.07) is 11.8. The number of anilines is 1. The summed E-state index contributed by atoms with van der Waals surface area (Å²) in [6.45, 7) is 0. The Hall–Kier alpha value is -2.14. The molecule has 0 bridgehead atoms. The van der Waals surface area contributed by atoms with Crippen LogP contribution in [0.3, 0.4) is 0 Å². The third-order valence-corrected chi connectivity index (χ3v) is 3.35. The number of halogens is 1. The molecule has 0 amide bonds. The first-order chi connectivity index (χ1) is 9.25. The maximum atomic E-state index is 5.98. The topological polar surface area (TPSA) is 67.6 Å². The lowest BCUT2D eigenvalue weighted by Crippen LogP contribution is -1.89. The molecular formula is C14H11BrN4. The fourth-order valence-corrected chi connectivity index (χ4v) is 2.41. The minimum atomic E-state index is 0.483.